The van der Waals surface area contributed by atoms with Crippen molar-refractivity contribution in [3.05, 3.63) is 53.3 Å². The zero-order chi connectivity index (χ0) is 24.0. The van der Waals surface area contributed by atoms with Gasteiger partial charge in [0.15, 0.2) is 0 Å². The van der Waals surface area contributed by atoms with E-state index in [9.17, 15) is 4.79 Å². The first kappa shape index (κ1) is 22.6. The molecule has 1 aliphatic heterocycles. The van der Waals surface area contributed by atoms with Gasteiger partial charge in [-0.3, -0.25) is 9.69 Å². The summed E-state index contributed by atoms with van der Waals surface area (Å²) in [5.74, 6) is 1.10. The lowest BCUT2D eigenvalue weighted by Gasteiger charge is -2.32. The summed E-state index contributed by atoms with van der Waals surface area (Å²) in [6, 6.07) is 11.2. The van der Waals surface area contributed by atoms with Gasteiger partial charge in [-0.25, -0.2) is 4.52 Å². The quantitative estimate of drug-likeness (QED) is 0.475. The third-order valence-electron chi connectivity index (χ3n) is 7.24. The molecule has 0 radical (unpaired) electrons. The Labute approximate surface area is 200 Å². The van der Waals surface area contributed by atoms with Gasteiger partial charge in [0, 0.05) is 36.8 Å². The van der Waals surface area contributed by atoms with Crippen LogP contribution in [0.5, 0.6) is 0 Å². The number of pyridine rings is 1. The SMILES string of the molecule is Cc1nnn2ccc(-c3[nH]c4ccc(C5CCN(CC(=O)N(C)C)CC5)cc4c3C(C)C)cc12. The largest absolute Gasteiger partial charge is 0.354 e. The summed E-state index contributed by atoms with van der Waals surface area (Å²) in [5.41, 5.74) is 8.27. The number of amides is 1. The fourth-order valence-electron chi connectivity index (χ4n) is 5.23. The molecule has 0 unspecified atom stereocenters. The molecule has 1 fully saturated rings. The first-order valence-electron chi connectivity index (χ1n) is 12.2. The van der Waals surface area contributed by atoms with Crippen LogP contribution in [0.3, 0.4) is 0 Å². The van der Waals surface area contributed by atoms with Gasteiger partial charge < -0.3 is 9.88 Å². The van der Waals surface area contributed by atoms with Gasteiger partial charge in [0.25, 0.3) is 0 Å². The highest BCUT2D eigenvalue weighted by molar-refractivity contribution is 5.92. The Balaban J connectivity index is 1.45. The van der Waals surface area contributed by atoms with Crippen molar-refractivity contribution in [1.82, 2.24) is 29.6 Å². The number of likely N-dealkylation sites (tertiary alicyclic amines) is 1. The van der Waals surface area contributed by atoms with Crippen LogP contribution in [0.25, 0.3) is 27.7 Å². The number of carbonyl (C=O) groups excluding carboxylic acids is 1. The number of piperidine rings is 1. The maximum absolute atomic E-state index is 12.1. The van der Waals surface area contributed by atoms with E-state index in [2.05, 4.69) is 64.4 Å². The van der Waals surface area contributed by atoms with Crippen LogP contribution in [-0.2, 0) is 4.79 Å². The Kier molecular flexibility index (Phi) is 5.90. The second kappa shape index (κ2) is 8.87. The molecule has 7 heteroatoms. The molecule has 34 heavy (non-hydrogen) atoms. The first-order valence-corrected chi connectivity index (χ1v) is 12.2. The summed E-state index contributed by atoms with van der Waals surface area (Å²) in [4.78, 5) is 19.8. The minimum absolute atomic E-state index is 0.182. The highest BCUT2D eigenvalue weighted by Crippen LogP contribution is 2.38. The summed E-state index contributed by atoms with van der Waals surface area (Å²) in [5, 5.41) is 9.70. The number of nitrogens with zero attached hydrogens (tertiary/aromatic N) is 5. The number of benzene rings is 1. The number of aromatic amines is 1. The van der Waals surface area contributed by atoms with E-state index in [1.54, 1.807) is 4.90 Å². The van der Waals surface area contributed by atoms with Gasteiger partial charge in [-0.15, -0.1) is 5.10 Å². The normalized spacial score (nSPS) is 15.6. The second-order valence-electron chi connectivity index (χ2n) is 10.1. The van der Waals surface area contributed by atoms with Gasteiger partial charge >= 0.3 is 0 Å². The lowest BCUT2D eigenvalue weighted by molar-refractivity contribution is -0.130. The van der Waals surface area contributed by atoms with E-state index in [4.69, 9.17) is 0 Å². The van der Waals surface area contributed by atoms with Crippen molar-refractivity contribution in [2.24, 2.45) is 0 Å². The highest BCUT2D eigenvalue weighted by Gasteiger charge is 2.24. The standard InChI is InChI=1S/C27H34N6O/c1-17(2)26-22-14-20(19-8-11-32(12-9-19)16-25(34)31(4)5)6-7-23(22)28-27(26)21-10-13-33-24(15-21)18(3)29-30-33/h6-7,10,13-15,17,19,28H,8-9,11-12,16H2,1-5H3. The topological polar surface area (TPSA) is 69.5 Å². The van der Waals surface area contributed by atoms with E-state index in [-0.39, 0.29) is 5.91 Å². The summed E-state index contributed by atoms with van der Waals surface area (Å²) in [7, 11) is 3.65. The van der Waals surface area contributed by atoms with E-state index in [0.29, 0.717) is 18.4 Å². The van der Waals surface area contributed by atoms with E-state index < -0.39 is 0 Å². The minimum Gasteiger partial charge on any atom is -0.354 e. The third-order valence-corrected chi connectivity index (χ3v) is 7.24. The van der Waals surface area contributed by atoms with E-state index in [1.807, 2.05) is 31.7 Å². The lowest BCUT2D eigenvalue weighted by atomic mass is 9.87. The average molecular weight is 459 g/mol. The van der Waals surface area contributed by atoms with Crippen LogP contribution in [0.2, 0.25) is 0 Å². The number of likely N-dealkylation sites (N-methyl/N-ethyl adjacent to an activating group) is 1. The van der Waals surface area contributed by atoms with Gasteiger partial charge in [-0.05, 0) is 80.1 Å². The van der Waals surface area contributed by atoms with Crippen LogP contribution < -0.4 is 0 Å². The average Bonchev–Trinajstić information content (AvgIpc) is 3.39. The molecule has 3 aromatic heterocycles. The summed E-state index contributed by atoms with van der Waals surface area (Å²) < 4.78 is 1.83. The Bertz CT molecular complexity index is 1340. The van der Waals surface area contributed by atoms with E-state index >= 15 is 0 Å². The van der Waals surface area contributed by atoms with Crippen molar-refractivity contribution in [2.75, 3.05) is 33.7 Å². The molecule has 1 N–H and O–H groups in total. The maximum atomic E-state index is 12.1. The Morgan fingerprint density at radius 3 is 2.65 bits per heavy atom. The number of rotatable bonds is 5. The number of hydrogen-bond donors (Lipinski definition) is 1. The smallest absolute Gasteiger partial charge is 0.236 e. The van der Waals surface area contributed by atoms with Crippen molar-refractivity contribution in [3.63, 3.8) is 0 Å². The van der Waals surface area contributed by atoms with Gasteiger partial charge in [0.05, 0.1) is 23.4 Å². The maximum Gasteiger partial charge on any atom is 0.236 e. The molecule has 178 valence electrons. The number of aromatic nitrogens is 4. The molecule has 0 bridgehead atoms. The number of aryl methyl sites for hydroxylation is 1. The summed E-state index contributed by atoms with van der Waals surface area (Å²) in [6.45, 7) is 8.99. The number of hydrogen-bond acceptors (Lipinski definition) is 4. The molecule has 4 aromatic rings. The van der Waals surface area contributed by atoms with Crippen molar-refractivity contribution in [1.29, 1.82) is 0 Å². The van der Waals surface area contributed by atoms with Crippen LogP contribution in [0.4, 0.5) is 0 Å². The van der Waals surface area contributed by atoms with Crippen molar-refractivity contribution in [2.45, 2.75) is 45.4 Å². The summed E-state index contributed by atoms with van der Waals surface area (Å²) in [6.07, 6.45) is 4.16. The number of carbonyl (C=O) groups is 1. The van der Waals surface area contributed by atoms with Crippen LogP contribution >= 0.6 is 0 Å². The van der Waals surface area contributed by atoms with E-state index in [1.165, 1.54) is 33.3 Å². The molecule has 1 aliphatic rings. The number of nitrogens with one attached hydrogen (secondary N) is 1. The number of H-pyrrole nitrogens is 1. The summed E-state index contributed by atoms with van der Waals surface area (Å²) >= 11 is 0. The van der Waals surface area contributed by atoms with Crippen LogP contribution in [-0.4, -0.2) is 69.2 Å². The van der Waals surface area contributed by atoms with Crippen molar-refractivity contribution in [3.8, 4) is 11.3 Å². The Morgan fingerprint density at radius 2 is 1.94 bits per heavy atom. The molecular weight excluding hydrogens is 424 g/mol. The molecule has 1 aromatic carbocycles. The molecule has 1 saturated heterocycles. The predicted molar refractivity (Wildman–Crippen MR) is 136 cm³/mol. The van der Waals surface area contributed by atoms with Gasteiger partial charge in [-0.2, -0.15) is 0 Å². The fraction of sp³-hybridized carbons (Fsp3) is 0.444. The second-order valence-corrected chi connectivity index (χ2v) is 10.1. The molecule has 0 saturated carbocycles. The van der Waals surface area contributed by atoms with Gasteiger partial charge in [0.1, 0.15) is 0 Å². The van der Waals surface area contributed by atoms with Crippen LogP contribution in [0, 0.1) is 6.92 Å². The molecule has 7 nitrogen and oxygen atoms in total. The lowest BCUT2D eigenvalue weighted by Crippen LogP contribution is -2.40. The Morgan fingerprint density at radius 1 is 1.18 bits per heavy atom. The predicted octanol–water partition coefficient (Wildman–Crippen LogP) is 4.58. The monoisotopic (exact) mass is 458 g/mol. The fourth-order valence-corrected chi connectivity index (χ4v) is 5.23. The first-order chi connectivity index (χ1) is 16.3. The van der Waals surface area contributed by atoms with Gasteiger partial charge in [-0.1, -0.05) is 25.1 Å². The van der Waals surface area contributed by atoms with Crippen molar-refractivity contribution < 1.29 is 4.79 Å². The Hall–Kier alpha value is -3.19. The zero-order valence-corrected chi connectivity index (χ0v) is 20.8. The minimum atomic E-state index is 0.182. The molecule has 0 aliphatic carbocycles. The molecule has 4 heterocycles. The molecular formula is C27H34N6O. The van der Waals surface area contributed by atoms with Gasteiger partial charge in [0.2, 0.25) is 5.91 Å². The molecule has 5 rings (SSSR count). The van der Waals surface area contributed by atoms with Crippen LogP contribution in [0.15, 0.2) is 36.5 Å². The zero-order valence-electron chi connectivity index (χ0n) is 20.8. The van der Waals surface area contributed by atoms with E-state index in [0.717, 1.165) is 37.1 Å². The molecule has 1 amide bonds. The highest BCUT2D eigenvalue weighted by atomic mass is 16.2. The number of fused-ring (bicyclic) bond motifs is 2. The molecule has 0 atom stereocenters. The van der Waals surface area contributed by atoms with Crippen LogP contribution in [0.1, 0.15) is 55.3 Å². The molecule has 0 spiro atoms. The van der Waals surface area contributed by atoms with Crippen molar-refractivity contribution >= 4 is 22.3 Å². The third kappa shape index (κ3) is 4.09.